The Bertz CT molecular complexity index is 675. The van der Waals surface area contributed by atoms with E-state index in [1.807, 2.05) is 0 Å². The van der Waals surface area contributed by atoms with Gasteiger partial charge in [0.15, 0.2) is 6.10 Å². The van der Waals surface area contributed by atoms with Crippen LogP contribution in [0.4, 0.5) is 5.69 Å². The number of nitrogens with one attached hydrogen (secondary N) is 1. The highest BCUT2D eigenvalue weighted by Crippen LogP contribution is 2.23. The number of thiocarbonyl (C=S) groups is 1. The summed E-state index contributed by atoms with van der Waals surface area (Å²) in [6.45, 7) is 5.64. The molecule has 1 heterocycles. The van der Waals surface area contributed by atoms with Crippen molar-refractivity contribution in [1.29, 1.82) is 0 Å². The molecule has 0 bridgehead atoms. The smallest absolute Gasteiger partial charge is 0.317 e. The van der Waals surface area contributed by atoms with Gasteiger partial charge < -0.3 is 19.7 Å². The average Bonchev–Trinajstić information content (AvgIpc) is 2.67. The number of benzene rings is 1. The number of para-hydroxylation sites is 2. The highest BCUT2D eigenvalue weighted by atomic mass is 32.2. The minimum Gasteiger partial charge on any atom is -0.495 e. The summed E-state index contributed by atoms with van der Waals surface area (Å²) < 4.78 is 11.1. The molecule has 0 aromatic heterocycles. The summed E-state index contributed by atoms with van der Waals surface area (Å²) in [5.41, 5.74) is 0.530. The predicted molar refractivity (Wildman–Crippen MR) is 112 cm³/mol. The highest BCUT2D eigenvalue weighted by molar-refractivity contribution is 8.23. The van der Waals surface area contributed by atoms with Gasteiger partial charge in [-0.25, -0.2) is 0 Å². The zero-order valence-corrected chi connectivity index (χ0v) is 17.5. The SMILES string of the molecule is COc1ccccc1NC(=O)C(C)OC(=O)CSC(=S)N1CCC(C)CC1. The van der Waals surface area contributed by atoms with E-state index < -0.39 is 18.0 Å². The normalized spacial score (nSPS) is 15.7. The number of anilines is 1. The van der Waals surface area contributed by atoms with Crippen LogP contribution in [0.3, 0.4) is 0 Å². The molecule has 0 spiro atoms. The van der Waals surface area contributed by atoms with Crippen LogP contribution in [0.2, 0.25) is 0 Å². The first kappa shape index (κ1) is 21.5. The van der Waals surface area contributed by atoms with Crippen molar-refractivity contribution in [3.05, 3.63) is 24.3 Å². The van der Waals surface area contributed by atoms with Crippen LogP contribution in [-0.2, 0) is 14.3 Å². The Balaban J connectivity index is 1.76. The van der Waals surface area contributed by atoms with Crippen LogP contribution >= 0.6 is 24.0 Å². The fourth-order valence-corrected chi connectivity index (χ4v) is 3.70. The molecule has 0 radical (unpaired) electrons. The molecule has 2 rings (SSSR count). The number of likely N-dealkylation sites (tertiary alicyclic amines) is 1. The fraction of sp³-hybridized carbons (Fsp3) is 0.526. The van der Waals surface area contributed by atoms with Gasteiger partial charge in [-0.05, 0) is 37.8 Å². The molecule has 1 amide bonds. The number of piperidine rings is 1. The quantitative estimate of drug-likeness (QED) is 0.570. The Morgan fingerprint density at radius 2 is 2.00 bits per heavy atom. The lowest BCUT2D eigenvalue weighted by Gasteiger charge is -2.31. The summed E-state index contributed by atoms with van der Waals surface area (Å²) in [5.74, 6) is 0.487. The number of carbonyl (C=O) groups is 2. The Hall–Kier alpha value is -1.80. The van der Waals surface area contributed by atoms with E-state index in [0.29, 0.717) is 15.8 Å². The van der Waals surface area contributed by atoms with Gasteiger partial charge >= 0.3 is 5.97 Å². The third-order valence-electron chi connectivity index (χ3n) is 4.40. The van der Waals surface area contributed by atoms with E-state index in [1.54, 1.807) is 24.3 Å². The van der Waals surface area contributed by atoms with Crippen LogP contribution in [0.25, 0.3) is 0 Å². The van der Waals surface area contributed by atoms with Crippen molar-refractivity contribution in [1.82, 2.24) is 4.90 Å². The van der Waals surface area contributed by atoms with Gasteiger partial charge in [0.2, 0.25) is 0 Å². The predicted octanol–water partition coefficient (Wildman–Crippen LogP) is 3.32. The largest absolute Gasteiger partial charge is 0.495 e. The van der Waals surface area contributed by atoms with Crippen molar-refractivity contribution in [2.24, 2.45) is 5.92 Å². The molecule has 1 aliphatic heterocycles. The maximum atomic E-state index is 12.2. The Morgan fingerprint density at radius 1 is 1.33 bits per heavy atom. The maximum Gasteiger partial charge on any atom is 0.317 e. The molecule has 0 aliphatic carbocycles. The van der Waals surface area contributed by atoms with E-state index in [4.69, 9.17) is 21.7 Å². The molecular weight excluding hydrogens is 384 g/mol. The van der Waals surface area contributed by atoms with Gasteiger partial charge in [0.25, 0.3) is 5.91 Å². The van der Waals surface area contributed by atoms with Crippen LogP contribution in [0.1, 0.15) is 26.7 Å². The molecule has 6 nitrogen and oxygen atoms in total. The van der Waals surface area contributed by atoms with Gasteiger partial charge in [-0.3, -0.25) is 9.59 Å². The van der Waals surface area contributed by atoms with Crippen LogP contribution in [0.5, 0.6) is 5.75 Å². The second-order valence-corrected chi connectivity index (χ2v) is 8.15. The van der Waals surface area contributed by atoms with Crippen molar-refractivity contribution in [2.45, 2.75) is 32.8 Å². The molecule has 27 heavy (non-hydrogen) atoms. The monoisotopic (exact) mass is 410 g/mol. The van der Waals surface area contributed by atoms with Crippen LogP contribution in [0.15, 0.2) is 24.3 Å². The third-order valence-corrected chi connectivity index (χ3v) is 5.89. The van der Waals surface area contributed by atoms with Crippen molar-refractivity contribution < 1.29 is 19.1 Å². The van der Waals surface area contributed by atoms with Crippen molar-refractivity contribution in [3.63, 3.8) is 0 Å². The molecule has 1 atom stereocenters. The van der Waals surface area contributed by atoms with Gasteiger partial charge in [0, 0.05) is 13.1 Å². The van der Waals surface area contributed by atoms with Crippen molar-refractivity contribution in [3.8, 4) is 5.75 Å². The summed E-state index contributed by atoms with van der Waals surface area (Å²) in [6, 6.07) is 7.05. The average molecular weight is 411 g/mol. The molecule has 1 N–H and O–H groups in total. The van der Waals surface area contributed by atoms with Gasteiger partial charge in [-0.1, -0.05) is 43.0 Å². The Labute approximate surface area is 170 Å². The number of hydrogen-bond donors (Lipinski definition) is 1. The Kier molecular flexibility index (Phi) is 8.37. The number of hydrogen-bond acceptors (Lipinski definition) is 6. The molecule has 0 saturated carbocycles. The first-order valence-electron chi connectivity index (χ1n) is 8.95. The lowest BCUT2D eigenvalue weighted by Crippen LogP contribution is -2.36. The minimum atomic E-state index is -0.910. The number of methoxy groups -OCH3 is 1. The van der Waals surface area contributed by atoms with E-state index in [0.717, 1.165) is 31.8 Å². The molecule has 1 aliphatic rings. The van der Waals surface area contributed by atoms with E-state index in [1.165, 1.54) is 25.8 Å². The van der Waals surface area contributed by atoms with E-state index in [2.05, 4.69) is 17.1 Å². The summed E-state index contributed by atoms with van der Waals surface area (Å²) in [7, 11) is 1.53. The summed E-state index contributed by atoms with van der Waals surface area (Å²) >= 11 is 6.69. The van der Waals surface area contributed by atoms with Crippen LogP contribution in [0, 0.1) is 5.92 Å². The number of nitrogens with zero attached hydrogens (tertiary/aromatic N) is 1. The summed E-state index contributed by atoms with van der Waals surface area (Å²) in [6.07, 6.45) is 1.32. The number of esters is 1. The van der Waals surface area contributed by atoms with E-state index in [9.17, 15) is 9.59 Å². The van der Waals surface area contributed by atoms with Crippen LogP contribution in [-0.4, -0.2) is 53.2 Å². The van der Waals surface area contributed by atoms with E-state index >= 15 is 0 Å². The topological polar surface area (TPSA) is 67.9 Å². The highest BCUT2D eigenvalue weighted by Gasteiger charge is 2.22. The number of carbonyl (C=O) groups excluding carboxylic acids is 2. The standard InChI is InChI=1S/C19H26N2O4S2/c1-13-8-10-21(11-9-13)19(26)27-12-17(22)25-14(2)18(23)20-15-6-4-5-7-16(15)24-3/h4-7,13-14H,8-12H2,1-3H3,(H,20,23). The number of thioether (sulfide) groups is 1. The number of ether oxygens (including phenoxy) is 2. The number of rotatable bonds is 6. The van der Waals surface area contributed by atoms with Gasteiger partial charge in [-0.15, -0.1) is 0 Å². The van der Waals surface area contributed by atoms with Gasteiger partial charge in [-0.2, -0.15) is 0 Å². The van der Waals surface area contributed by atoms with Gasteiger partial charge in [0.05, 0.1) is 18.6 Å². The third kappa shape index (κ3) is 6.70. The fourth-order valence-electron chi connectivity index (χ4n) is 2.67. The molecule has 8 heteroatoms. The van der Waals surface area contributed by atoms with Crippen molar-refractivity contribution >= 4 is 45.9 Å². The first-order chi connectivity index (χ1) is 12.9. The summed E-state index contributed by atoms with van der Waals surface area (Å²) in [5, 5.41) is 2.71. The zero-order valence-electron chi connectivity index (χ0n) is 15.9. The van der Waals surface area contributed by atoms with E-state index in [-0.39, 0.29) is 5.75 Å². The molecule has 1 aromatic rings. The van der Waals surface area contributed by atoms with Gasteiger partial charge in [0.1, 0.15) is 10.1 Å². The second-order valence-electron chi connectivity index (χ2n) is 6.55. The maximum absolute atomic E-state index is 12.2. The van der Waals surface area contributed by atoms with Crippen molar-refractivity contribution in [2.75, 3.05) is 31.3 Å². The lowest BCUT2D eigenvalue weighted by atomic mass is 10.00. The second kappa shape index (κ2) is 10.5. The molecule has 148 valence electrons. The van der Waals surface area contributed by atoms with Crippen LogP contribution < -0.4 is 10.1 Å². The molecule has 1 saturated heterocycles. The Morgan fingerprint density at radius 3 is 2.67 bits per heavy atom. The minimum absolute atomic E-state index is 0.0944. The molecule has 1 aromatic carbocycles. The summed E-state index contributed by atoms with van der Waals surface area (Å²) in [4.78, 5) is 26.4. The number of amides is 1. The molecular formula is C19H26N2O4S2. The zero-order chi connectivity index (χ0) is 19.8. The first-order valence-corrected chi connectivity index (χ1v) is 10.3. The lowest BCUT2D eigenvalue weighted by molar-refractivity contribution is -0.150. The molecule has 1 fully saturated rings. The molecule has 1 unspecified atom stereocenters.